The van der Waals surface area contributed by atoms with Gasteiger partial charge < -0.3 is 14.8 Å². The first kappa shape index (κ1) is 27.2. The number of nitrogens with zero attached hydrogens (tertiary/aromatic N) is 1. The molecule has 0 bridgehead atoms. The monoisotopic (exact) mass is 533 g/mol. The minimum Gasteiger partial charge on any atom is -0.493 e. The quantitative estimate of drug-likeness (QED) is 0.422. The first-order valence-electron chi connectivity index (χ1n) is 10.9. The standard InChI is InChI=1S/C24H27N3O7S2/c1-16-4-7-18(8-5-16)36(31,32)26-11-10-22(28)25-12-13-27-23(29)21(35-24(27)30)15-17-6-9-19(33-2)20(14-17)34-3/h4-9,14-15,26H,10-13H2,1-3H3,(H,25,28). The molecule has 1 aliphatic rings. The van der Waals surface area contributed by atoms with Crippen molar-refractivity contribution in [3.8, 4) is 11.5 Å². The fourth-order valence-electron chi connectivity index (χ4n) is 3.28. The normalized spacial score (nSPS) is 14.9. The van der Waals surface area contributed by atoms with Crippen LogP contribution >= 0.6 is 11.8 Å². The average Bonchev–Trinajstić information content (AvgIpc) is 3.11. The maximum Gasteiger partial charge on any atom is 0.293 e. The number of ether oxygens (including phenoxy) is 2. The van der Waals surface area contributed by atoms with Gasteiger partial charge in [0.25, 0.3) is 11.1 Å². The molecule has 1 fully saturated rings. The van der Waals surface area contributed by atoms with E-state index >= 15 is 0 Å². The van der Waals surface area contributed by atoms with Gasteiger partial charge in [-0.3, -0.25) is 19.3 Å². The molecule has 1 aliphatic heterocycles. The minimum atomic E-state index is -3.71. The van der Waals surface area contributed by atoms with Crippen LogP contribution in [-0.2, 0) is 19.6 Å². The second kappa shape index (κ2) is 12.1. The van der Waals surface area contributed by atoms with Crippen molar-refractivity contribution < 1.29 is 32.3 Å². The molecule has 0 spiro atoms. The smallest absolute Gasteiger partial charge is 0.293 e. The summed E-state index contributed by atoms with van der Waals surface area (Å²) >= 11 is 0.811. The topological polar surface area (TPSA) is 131 Å². The molecule has 3 amide bonds. The van der Waals surface area contributed by atoms with Gasteiger partial charge in [0.05, 0.1) is 24.0 Å². The van der Waals surface area contributed by atoms with Crippen LogP contribution in [0.15, 0.2) is 52.3 Å². The molecular weight excluding hydrogens is 506 g/mol. The van der Waals surface area contributed by atoms with Gasteiger partial charge in [-0.15, -0.1) is 0 Å². The van der Waals surface area contributed by atoms with Crippen molar-refractivity contribution in [1.82, 2.24) is 14.9 Å². The van der Waals surface area contributed by atoms with E-state index in [2.05, 4.69) is 10.0 Å². The molecular formula is C24H27N3O7S2. The molecule has 0 atom stereocenters. The molecule has 2 aromatic rings. The molecule has 0 radical (unpaired) electrons. The zero-order valence-corrected chi connectivity index (χ0v) is 21.7. The molecule has 1 saturated heterocycles. The SMILES string of the molecule is COc1ccc(C=C2SC(=O)N(CCNC(=O)CCNS(=O)(=O)c3ccc(C)cc3)C2=O)cc1OC. The zero-order valence-electron chi connectivity index (χ0n) is 20.1. The molecule has 2 aromatic carbocycles. The summed E-state index contributed by atoms with van der Waals surface area (Å²) < 4.78 is 37.4. The van der Waals surface area contributed by atoms with Crippen molar-refractivity contribution in [2.24, 2.45) is 0 Å². The number of nitrogens with one attached hydrogen (secondary N) is 2. The van der Waals surface area contributed by atoms with Crippen molar-refractivity contribution in [3.05, 3.63) is 58.5 Å². The van der Waals surface area contributed by atoms with Crippen LogP contribution in [0.1, 0.15) is 17.5 Å². The third kappa shape index (κ3) is 6.86. The van der Waals surface area contributed by atoms with E-state index in [0.29, 0.717) is 17.1 Å². The van der Waals surface area contributed by atoms with E-state index in [4.69, 9.17) is 9.47 Å². The summed E-state index contributed by atoms with van der Waals surface area (Å²) in [7, 11) is -0.691. The Balaban J connectivity index is 1.47. The maximum atomic E-state index is 12.7. The highest BCUT2D eigenvalue weighted by atomic mass is 32.2. The molecule has 0 saturated carbocycles. The van der Waals surface area contributed by atoms with E-state index in [0.717, 1.165) is 22.2 Å². The lowest BCUT2D eigenvalue weighted by Crippen LogP contribution is -2.38. The lowest BCUT2D eigenvalue weighted by Gasteiger charge is -2.13. The first-order chi connectivity index (χ1) is 17.1. The predicted octanol–water partition coefficient (Wildman–Crippen LogP) is 2.53. The number of imide groups is 1. The van der Waals surface area contributed by atoms with Gasteiger partial charge in [-0.05, 0) is 54.6 Å². The third-order valence-corrected chi connectivity index (χ3v) is 7.60. The fourth-order valence-corrected chi connectivity index (χ4v) is 5.18. The van der Waals surface area contributed by atoms with Crippen molar-refractivity contribution >= 4 is 44.9 Å². The van der Waals surface area contributed by atoms with Crippen molar-refractivity contribution in [3.63, 3.8) is 0 Å². The highest BCUT2D eigenvalue weighted by Crippen LogP contribution is 2.34. The van der Waals surface area contributed by atoms with Crippen LogP contribution in [0.3, 0.4) is 0 Å². The van der Waals surface area contributed by atoms with Crippen LogP contribution in [0.25, 0.3) is 6.08 Å². The van der Waals surface area contributed by atoms with Crippen LogP contribution in [0.5, 0.6) is 11.5 Å². The summed E-state index contributed by atoms with van der Waals surface area (Å²) in [6.07, 6.45) is 1.50. The average molecular weight is 534 g/mol. The number of rotatable bonds is 11. The van der Waals surface area contributed by atoms with Gasteiger partial charge in [-0.25, -0.2) is 13.1 Å². The number of sulfonamides is 1. The number of carbonyl (C=O) groups is 3. The Hall–Kier alpha value is -3.35. The summed E-state index contributed by atoms with van der Waals surface area (Å²) in [6, 6.07) is 11.5. The summed E-state index contributed by atoms with van der Waals surface area (Å²) in [5, 5.41) is 2.16. The first-order valence-corrected chi connectivity index (χ1v) is 13.2. The Labute approximate surface area is 214 Å². The molecule has 0 unspecified atom stereocenters. The lowest BCUT2D eigenvalue weighted by molar-refractivity contribution is -0.124. The molecule has 36 heavy (non-hydrogen) atoms. The van der Waals surface area contributed by atoms with Gasteiger partial charge in [0.15, 0.2) is 11.5 Å². The summed E-state index contributed by atoms with van der Waals surface area (Å²) in [5.41, 5.74) is 1.60. The van der Waals surface area contributed by atoms with Gasteiger partial charge in [0.1, 0.15) is 0 Å². The van der Waals surface area contributed by atoms with Gasteiger partial charge in [0, 0.05) is 26.1 Å². The van der Waals surface area contributed by atoms with Crippen LogP contribution in [-0.4, -0.2) is 64.2 Å². The Morgan fingerprint density at radius 3 is 2.39 bits per heavy atom. The zero-order chi connectivity index (χ0) is 26.3. The summed E-state index contributed by atoms with van der Waals surface area (Å²) in [4.78, 5) is 38.5. The predicted molar refractivity (Wildman–Crippen MR) is 136 cm³/mol. The van der Waals surface area contributed by atoms with Gasteiger partial charge in [0.2, 0.25) is 15.9 Å². The Kier molecular flexibility index (Phi) is 9.13. The largest absolute Gasteiger partial charge is 0.493 e. The number of benzene rings is 2. The Bertz CT molecular complexity index is 1280. The van der Waals surface area contributed by atoms with E-state index in [1.807, 2.05) is 6.92 Å². The fraction of sp³-hybridized carbons (Fsp3) is 0.292. The van der Waals surface area contributed by atoms with Crippen molar-refractivity contribution in [2.45, 2.75) is 18.2 Å². The lowest BCUT2D eigenvalue weighted by atomic mass is 10.2. The number of methoxy groups -OCH3 is 2. The van der Waals surface area contributed by atoms with E-state index in [1.54, 1.807) is 36.4 Å². The van der Waals surface area contributed by atoms with Crippen molar-refractivity contribution in [2.75, 3.05) is 33.9 Å². The molecule has 1 heterocycles. The molecule has 12 heteroatoms. The number of carbonyl (C=O) groups excluding carboxylic acids is 3. The number of thioether (sulfide) groups is 1. The molecule has 10 nitrogen and oxygen atoms in total. The highest BCUT2D eigenvalue weighted by Gasteiger charge is 2.34. The Morgan fingerprint density at radius 2 is 1.72 bits per heavy atom. The van der Waals surface area contributed by atoms with Gasteiger partial charge in [-0.1, -0.05) is 23.8 Å². The Morgan fingerprint density at radius 1 is 1.03 bits per heavy atom. The number of amides is 3. The molecule has 0 aliphatic carbocycles. The number of hydrogen-bond acceptors (Lipinski definition) is 8. The summed E-state index contributed by atoms with van der Waals surface area (Å²) in [6.45, 7) is 1.81. The molecule has 192 valence electrons. The van der Waals surface area contributed by atoms with Crippen LogP contribution < -0.4 is 19.5 Å². The maximum absolute atomic E-state index is 12.7. The minimum absolute atomic E-state index is 0.00518. The van der Waals surface area contributed by atoms with Crippen LogP contribution in [0, 0.1) is 6.92 Å². The van der Waals surface area contributed by atoms with Gasteiger partial charge >= 0.3 is 0 Å². The number of aryl methyl sites for hydroxylation is 1. The van der Waals surface area contributed by atoms with Crippen LogP contribution in [0.4, 0.5) is 4.79 Å². The van der Waals surface area contributed by atoms with E-state index in [-0.39, 0.29) is 35.9 Å². The third-order valence-electron chi connectivity index (χ3n) is 5.21. The van der Waals surface area contributed by atoms with Gasteiger partial charge in [-0.2, -0.15) is 0 Å². The van der Waals surface area contributed by atoms with E-state index < -0.39 is 27.1 Å². The highest BCUT2D eigenvalue weighted by molar-refractivity contribution is 8.18. The second-order valence-corrected chi connectivity index (χ2v) is 10.5. The van der Waals surface area contributed by atoms with E-state index in [9.17, 15) is 22.8 Å². The van der Waals surface area contributed by atoms with E-state index in [1.165, 1.54) is 26.4 Å². The van der Waals surface area contributed by atoms with Crippen molar-refractivity contribution in [1.29, 1.82) is 0 Å². The molecule has 2 N–H and O–H groups in total. The molecule has 3 rings (SSSR count). The summed E-state index contributed by atoms with van der Waals surface area (Å²) in [5.74, 6) is 0.171. The molecule has 0 aromatic heterocycles. The van der Waals surface area contributed by atoms with Crippen LogP contribution in [0.2, 0.25) is 0 Å². The second-order valence-electron chi connectivity index (χ2n) is 7.76. The number of hydrogen-bond donors (Lipinski definition) is 2.